The summed E-state index contributed by atoms with van der Waals surface area (Å²) in [5, 5.41) is 6.72. The van der Waals surface area contributed by atoms with Gasteiger partial charge in [0.15, 0.2) is 5.96 Å². The Labute approximate surface area is 155 Å². The number of guanidine groups is 1. The van der Waals surface area contributed by atoms with E-state index in [9.17, 15) is 0 Å². The van der Waals surface area contributed by atoms with Gasteiger partial charge in [-0.15, -0.1) is 11.8 Å². The smallest absolute Gasteiger partial charge is 0.191 e. The molecule has 0 aliphatic rings. The zero-order chi connectivity index (χ0) is 17.7. The first kappa shape index (κ1) is 19.4. The first-order valence-electron chi connectivity index (χ1n) is 8.97. The molecule has 2 aromatic rings. The van der Waals surface area contributed by atoms with Crippen LogP contribution in [0.25, 0.3) is 0 Å². The van der Waals surface area contributed by atoms with Crippen molar-refractivity contribution in [3.8, 4) is 0 Å². The topological polar surface area (TPSA) is 54.2 Å². The molecule has 0 atom stereocenters. The standard InChI is InChI=1S/C19H29N5S/c1-3-20-19(23-13-16-25-18-9-5-4-6-10-18)22-11-7-8-14-24-15-12-21-17(24)2/h4-6,9-10,12,15H,3,7-8,11,13-14,16H2,1-2H3,(H2,20,22,23). The number of aryl methyl sites for hydroxylation is 2. The van der Waals surface area contributed by atoms with Gasteiger partial charge in [0, 0.05) is 49.2 Å². The lowest BCUT2D eigenvalue weighted by molar-refractivity contribution is 0.600. The number of benzene rings is 1. The first-order chi connectivity index (χ1) is 12.3. The van der Waals surface area contributed by atoms with Crippen LogP contribution in [0.3, 0.4) is 0 Å². The van der Waals surface area contributed by atoms with Crippen LogP contribution in [0, 0.1) is 6.92 Å². The molecular weight excluding hydrogens is 330 g/mol. The maximum Gasteiger partial charge on any atom is 0.191 e. The quantitative estimate of drug-likeness (QED) is 0.296. The highest BCUT2D eigenvalue weighted by atomic mass is 32.2. The van der Waals surface area contributed by atoms with E-state index in [2.05, 4.69) is 56.4 Å². The Balaban J connectivity index is 1.62. The van der Waals surface area contributed by atoms with E-state index >= 15 is 0 Å². The molecule has 0 radical (unpaired) electrons. The highest BCUT2D eigenvalue weighted by Crippen LogP contribution is 2.15. The summed E-state index contributed by atoms with van der Waals surface area (Å²) >= 11 is 1.86. The van der Waals surface area contributed by atoms with Crippen LogP contribution in [0.4, 0.5) is 0 Å². The molecule has 5 nitrogen and oxygen atoms in total. The molecule has 2 rings (SSSR count). The largest absolute Gasteiger partial charge is 0.357 e. The summed E-state index contributed by atoms with van der Waals surface area (Å²) in [6, 6.07) is 10.5. The summed E-state index contributed by atoms with van der Waals surface area (Å²) in [5.74, 6) is 3.01. The van der Waals surface area contributed by atoms with Crippen molar-refractivity contribution in [2.75, 3.05) is 25.4 Å². The molecular formula is C19H29N5S. The van der Waals surface area contributed by atoms with E-state index in [-0.39, 0.29) is 0 Å². The summed E-state index contributed by atoms with van der Waals surface area (Å²) < 4.78 is 2.19. The summed E-state index contributed by atoms with van der Waals surface area (Å²) in [4.78, 5) is 10.2. The van der Waals surface area contributed by atoms with Gasteiger partial charge in [0.2, 0.25) is 0 Å². The molecule has 1 aromatic heterocycles. The number of hydrogen-bond acceptors (Lipinski definition) is 3. The minimum absolute atomic E-state index is 0.842. The Morgan fingerprint density at radius 1 is 1.20 bits per heavy atom. The molecule has 1 heterocycles. The van der Waals surface area contributed by atoms with Crippen LogP contribution < -0.4 is 10.6 Å². The van der Waals surface area contributed by atoms with Gasteiger partial charge in [0.25, 0.3) is 0 Å². The van der Waals surface area contributed by atoms with E-state index in [0.29, 0.717) is 0 Å². The lowest BCUT2D eigenvalue weighted by Crippen LogP contribution is -2.38. The van der Waals surface area contributed by atoms with Gasteiger partial charge in [-0.1, -0.05) is 18.2 Å². The monoisotopic (exact) mass is 359 g/mol. The molecule has 0 amide bonds. The molecule has 0 saturated heterocycles. The fourth-order valence-electron chi connectivity index (χ4n) is 2.42. The summed E-state index contributed by atoms with van der Waals surface area (Å²) in [5.41, 5.74) is 0. The second-order valence-corrected chi connectivity index (χ2v) is 6.89. The molecule has 0 bridgehead atoms. The van der Waals surface area contributed by atoms with Gasteiger partial charge in [-0.05, 0) is 38.8 Å². The third kappa shape index (κ3) is 7.65. The average Bonchev–Trinajstić information content (AvgIpc) is 3.04. The van der Waals surface area contributed by atoms with Crippen molar-refractivity contribution in [3.05, 3.63) is 48.5 Å². The molecule has 0 fully saturated rings. The number of nitrogens with zero attached hydrogens (tertiary/aromatic N) is 3. The Morgan fingerprint density at radius 3 is 2.76 bits per heavy atom. The van der Waals surface area contributed by atoms with E-state index in [0.717, 1.165) is 56.6 Å². The maximum absolute atomic E-state index is 4.66. The fraction of sp³-hybridized carbons (Fsp3) is 0.474. The van der Waals surface area contributed by atoms with Crippen molar-refractivity contribution in [1.82, 2.24) is 20.2 Å². The van der Waals surface area contributed by atoms with E-state index in [1.165, 1.54) is 4.90 Å². The van der Waals surface area contributed by atoms with E-state index < -0.39 is 0 Å². The van der Waals surface area contributed by atoms with Crippen molar-refractivity contribution in [2.45, 2.75) is 38.1 Å². The number of nitrogens with one attached hydrogen (secondary N) is 2. The zero-order valence-corrected chi connectivity index (χ0v) is 16.1. The molecule has 0 aliphatic carbocycles. The number of rotatable bonds is 10. The number of unbranched alkanes of at least 4 members (excludes halogenated alkanes) is 1. The molecule has 1 aromatic carbocycles. The summed E-state index contributed by atoms with van der Waals surface area (Å²) in [6.45, 7) is 7.77. The predicted octanol–water partition coefficient (Wildman–Crippen LogP) is 3.32. The van der Waals surface area contributed by atoms with Gasteiger partial charge in [-0.3, -0.25) is 4.99 Å². The van der Waals surface area contributed by atoms with Crippen molar-refractivity contribution in [2.24, 2.45) is 4.99 Å². The molecule has 25 heavy (non-hydrogen) atoms. The average molecular weight is 360 g/mol. The van der Waals surface area contributed by atoms with Gasteiger partial charge in [0.05, 0.1) is 0 Å². The Bertz CT molecular complexity index is 624. The van der Waals surface area contributed by atoms with E-state index in [1.807, 2.05) is 37.1 Å². The second kappa shape index (κ2) is 11.6. The molecule has 6 heteroatoms. The first-order valence-corrected chi connectivity index (χ1v) is 9.96. The van der Waals surface area contributed by atoms with Crippen molar-refractivity contribution >= 4 is 17.7 Å². The number of imidazole rings is 1. The number of aliphatic imine (C=N–C) groups is 1. The molecule has 0 saturated carbocycles. The van der Waals surface area contributed by atoms with Crippen LogP contribution in [-0.4, -0.2) is 40.9 Å². The fourth-order valence-corrected chi connectivity index (χ4v) is 3.21. The van der Waals surface area contributed by atoms with Gasteiger partial charge < -0.3 is 15.2 Å². The van der Waals surface area contributed by atoms with Crippen molar-refractivity contribution in [3.63, 3.8) is 0 Å². The predicted molar refractivity (Wildman–Crippen MR) is 107 cm³/mol. The van der Waals surface area contributed by atoms with Gasteiger partial charge in [0.1, 0.15) is 5.82 Å². The molecule has 0 spiro atoms. The van der Waals surface area contributed by atoms with Crippen molar-refractivity contribution < 1.29 is 0 Å². The SMILES string of the molecule is CCNC(=NCCCCn1ccnc1C)NCCSc1ccccc1. The Morgan fingerprint density at radius 2 is 2.04 bits per heavy atom. The van der Waals surface area contributed by atoms with Crippen molar-refractivity contribution in [1.29, 1.82) is 0 Å². The van der Waals surface area contributed by atoms with E-state index in [1.54, 1.807) is 0 Å². The second-order valence-electron chi connectivity index (χ2n) is 5.72. The van der Waals surface area contributed by atoms with Crippen LogP contribution in [0.1, 0.15) is 25.6 Å². The minimum Gasteiger partial charge on any atom is -0.357 e. The van der Waals surface area contributed by atoms with Gasteiger partial charge in [-0.25, -0.2) is 4.98 Å². The summed E-state index contributed by atoms with van der Waals surface area (Å²) in [7, 11) is 0. The Hall–Kier alpha value is -1.95. The Kier molecular flexibility index (Phi) is 8.97. The van der Waals surface area contributed by atoms with E-state index in [4.69, 9.17) is 0 Å². The van der Waals surface area contributed by atoms with Gasteiger partial charge in [-0.2, -0.15) is 0 Å². The number of aromatic nitrogens is 2. The molecule has 0 unspecified atom stereocenters. The van der Waals surface area contributed by atoms with Crippen LogP contribution in [0.15, 0.2) is 52.6 Å². The molecule has 0 aliphatic heterocycles. The van der Waals surface area contributed by atoms with Crippen LogP contribution in [-0.2, 0) is 6.54 Å². The lowest BCUT2D eigenvalue weighted by atomic mass is 10.3. The summed E-state index contributed by atoms with van der Waals surface area (Å²) in [6.07, 6.45) is 6.08. The maximum atomic E-state index is 4.66. The highest BCUT2D eigenvalue weighted by Gasteiger charge is 1.99. The number of thioether (sulfide) groups is 1. The molecule has 2 N–H and O–H groups in total. The van der Waals surface area contributed by atoms with Crippen LogP contribution in [0.2, 0.25) is 0 Å². The molecule has 136 valence electrons. The lowest BCUT2D eigenvalue weighted by Gasteiger charge is -2.11. The minimum atomic E-state index is 0.842. The number of hydrogen-bond donors (Lipinski definition) is 2. The third-order valence-electron chi connectivity index (χ3n) is 3.75. The normalized spacial score (nSPS) is 11.5. The zero-order valence-electron chi connectivity index (χ0n) is 15.2. The van der Waals surface area contributed by atoms with Crippen LogP contribution in [0.5, 0.6) is 0 Å². The third-order valence-corrected chi connectivity index (χ3v) is 4.77. The highest BCUT2D eigenvalue weighted by molar-refractivity contribution is 7.99. The van der Waals surface area contributed by atoms with Gasteiger partial charge >= 0.3 is 0 Å². The van der Waals surface area contributed by atoms with Crippen LogP contribution >= 0.6 is 11.8 Å².